The van der Waals surface area contributed by atoms with Crippen LogP contribution in [0, 0.1) is 5.82 Å². The first kappa shape index (κ1) is 20.7. The van der Waals surface area contributed by atoms with Crippen molar-refractivity contribution in [2.75, 3.05) is 0 Å². The van der Waals surface area contributed by atoms with Crippen molar-refractivity contribution in [1.82, 2.24) is 0 Å². The zero-order valence-electron chi connectivity index (χ0n) is 15.4. The fourth-order valence-corrected chi connectivity index (χ4v) is 4.86. The van der Waals surface area contributed by atoms with Crippen molar-refractivity contribution >= 4 is 46.7 Å². The quantitative estimate of drug-likeness (QED) is 0.302. The number of carbonyl (C=O) groups excluding carboxylic acids is 1. The third-order valence-electron chi connectivity index (χ3n) is 5.33. The number of esters is 1. The van der Waals surface area contributed by atoms with Gasteiger partial charge in [-0.25, -0.2) is 14.0 Å². The van der Waals surface area contributed by atoms with Crippen LogP contribution in [-0.2, 0) is 10.3 Å². The van der Waals surface area contributed by atoms with Crippen molar-refractivity contribution in [3.05, 3.63) is 79.0 Å². The van der Waals surface area contributed by atoms with Gasteiger partial charge in [0.15, 0.2) is 11.4 Å². The van der Waals surface area contributed by atoms with Gasteiger partial charge in [0.05, 0.1) is 20.6 Å². The molecule has 3 aromatic carbocycles. The number of benzene rings is 3. The van der Waals surface area contributed by atoms with Crippen LogP contribution < -0.4 is 4.74 Å². The number of halogens is 4. The fourth-order valence-electron chi connectivity index (χ4n) is 4.04. The van der Waals surface area contributed by atoms with Crippen molar-refractivity contribution in [3.8, 4) is 23.0 Å². The van der Waals surface area contributed by atoms with Crippen molar-refractivity contribution in [3.63, 3.8) is 0 Å². The smallest absolute Gasteiger partial charge is 0.341 e. The normalized spacial score (nSPS) is 17.9. The molecule has 2 aliphatic rings. The van der Waals surface area contributed by atoms with Gasteiger partial charge < -0.3 is 24.8 Å². The highest BCUT2D eigenvalue weighted by atomic mass is 35.5. The molecule has 0 radical (unpaired) electrons. The summed E-state index contributed by atoms with van der Waals surface area (Å²) in [6.45, 7) is 0. The summed E-state index contributed by atoms with van der Waals surface area (Å²) in [6.07, 6.45) is 0. The van der Waals surface area contributed by atoms with E-state index in [9.17, 15) is 24.9 Å². The maximum Gasteiger partial charge on any atom is 0.341 e. The number of aromatic hydroxyl groups is 2. The second kappa shape index (κ2) is 6.65. The summed E-state index contributed by atoms with van der Waals surface area (Å²) in [5.41, 5.74) is -3.42. The molecule has 3 N–H and O–H groups in total. The Morgan fingerprint density at radius 2 is 1.69 bits per heavy atom. The Balaban J connectivity index is 1.98. The summed E-state index contributed by atoms with van der Waals surface area (Å²) in [5, 5.41) is 27.8. The van der Waals surface area contributed by atoms with Gasteiger partial charge in [0.25, 0.3) is 0 Å². The van der Waals surface area contributed by atoms with E-state index < -0.39 is 44.5 Å². The third kappa shape index (κ3) is 2.48. The Labute approximate surface area is 193 Å². The predicted molar refractivity (Wildman–Crippen MR) is 110 cm³/mol. The highest BCUT2D eigenvalue weighted by Crippen LogP contribution is 2.60. The number of ether oxygens (including phenoxy) is 2. The zero-order valence-corrected chi connectivity index (χ0v) is 17.6. The van der Waals surface area contributed by atoms with Crippen LogP contribution in [0.25, 0.3) is 0 Å². The number of carboxylic acids is 1. The lowest BCUT2D eigenvalue weighted by Gasteiger charge is -2.37. The molecule has 1 atom stereocenters. The molecule has 1 unspecified atom stereocenters. The largest absolute Gasteiger partial charge is 0.508 e. The minimum atomic E-state index is -1.96. The van der Waals surface area contributed by atoms with Gasteiger partial charge in [-0.3, -0.25) is 0 Å². The Morgan fingerprint density at radius 1 is 1.00 bits per heavy atom. The van der Waals surface area contributed by atoms with Crippen LogP contribution in [0.5, 0.6) is 23.0 Å². The van der Waals surface area contributed by atoms with Crippen LogP contribution in [0.1, 0.15) is 37.4 Å². The number of aromatic carboxylic acids is 1. The summed E-state index contributed by atoms with van der Waals surface area (Å²) in [6, 6.07) is 6.26. The molecule has 0 aromatic heterocycles. The van der Waals surface area contributed by atoms with E-state index in [0.29, 0.717) is 0 Å². The molecule has 0 saturated heterocycles. The van der Waals surface area contributed by atoms with Crippen LogP contribution in [0.3, 0.4) is 0 Å². The lowest BCUT2D eigenvalue weighted by Crippen LogP contribution is -2.33. The molecule has 0 aliphatic carbocycles. The zero-order chi connectivity index (χ0) is 23.1. The molecule has 2 aliphatic heterocycles. The molecule has 0 fully saturated rings. The highest BCUT2D eigenvalue weighted by molar-refractivity contribution is 6.39. The Bertz CT molecular complexity index is 1410. The molecule has 5 rings (SSSR count). The van der Waals surface area contributed by atoms with Gasteiger partial charge in [0, 0.05) is 28.8 Å². The van der Waals surface area contributed by atoms with Crippen molar-refractivity contribution in [1.29, 1.82) is 0 Å². The monoisotopic (exact) mass is 496 g/mol. The topological polar surface area (TPSA) is 113 Å². The summed E-state index contributed by atoms with van der Waals surface area (Å²) in [5.74, 6) is -4.72. The van der Waals surface area contributed by atoms with E-state index in [1.165, 1.54) is 24.3 Å². The highest BCUT2D eigenvalue weighted by Gasteiger charge is 2.57. The van der Waals surface area contributed by atoms with Crippen molar-refractivity contribution in [2.24, 2.45) is 0 Å². The summed E-state index contributed by atoms with van der Waals surface area (Å²) >= 11 is 18.5. The summed E-state index contributed by atoms with van der Waals surface area (Å²) in [4.78, 5) is 24.5. The van der Waals surface area contributed by atoms with Gasteiger partial charge >= 0.3 is 11.9 Å². The first-order chi connectivity index (χ1) is 15.1. The first-order valence-electron chi connectivity index (χ1n) is 8.79. The Morgan fingerprint density at radius 3 is 2.38 bits per heavy atom. The second-order valence-corrected chi connectivity index (χ2v) is 8.19. The number of carboxylic acid groups (broad SMARTS) is 1. The number of hydrogen-bond donors (Lipinski definition) is 3. The van der Waals surface area contributed by atoms with Gasteiger partial charge in [0.2, 0.25) is 0 Å². The van der Waals surface area contributed by atoms with Gasteiger partial charge in [-0.1, -0.05) is 34.8 Å². The van der Waals surface area contributed by atoms with Crippen LogP contribution in [0.15, 0.2) is 30.3 Å². The second-order valence-electron chi connectivity index (χ2n) is 7.03. The molecule has 0 bridgehead atoms. The van der Waals surface area contributed by atoms with E-state index in [4.69, 9.17) is 44.3 Å². The van der Waals surface area contributed by atoms with E-state index in [0.717, 1.165) is 6.07 Å². The van der Waals surface area contributed by atoms with Crippen LogP contribution >= 0.6 is 34.8 Å². The maximum atomic E-state index is 15.1. The number of hydrogen-bond acceptors (Lipinski definition) is 6. The number of phenols is 2. The standard InChI is InChI=1S/C21H8Cl3FO7/c22-9-4-8-12(5-10(9)27)31-11-3-6(26)1-2-7(11)21(8)15-13(20(30)32-21)16(23)14(19(28)29)18(25)17(15)24/h1-5,26-27H,(H,28,29). The van der Waals surface area contributed by atoms with Crippen LogP contribution in [0.4, 0.5) is 4.39 Å². The number of rotatable bonds is 1. The molecule has 11 heteroatoms. The maximum absolute atomic E-state index is 15.1. The molecule has 1 spiro atoms. The molecule has 7 nitrogen and oxygen atoms in total. The Kier molecular flexibility index (Phi) is 4.30. The predicted octanol–water partition coefficient (Wildman–Crippen LogP) is 5.46. The lowest BCUT2D eigenvalue weighted by molar-refractivity contribution is 0.0224. The minimum absolute atomic E-state index is 0.00906. The van der Waals surface area contributed by atoms with Gasteiger partial charge in [0.1, 0.15) is 28.6 Å². The average molecular weight is 498 g/mol. The molecule has 32 heavy (non-hydrogen) atoms. The summed E-state index contributed by atoms with van der Waals surface area (Å²) < 4.78 is 26.6. The van der Waals surface area contributed by atoms with Crippen LogP contribution in [-0.4, -0.2) is 27.3 Å². The molecular formula is C21H8Cl3FO7. The van der Waals surface area contributed by atoms with Crippen molar-refractivity contribution < 1.29 is 38.8 Å². The van der Waals surface area contributed by atoms with E-state index in [1.807, 2.05) is 0 Å². The van der Waals surface area contributed by atoms with E-state index in [-0.39, 0.29) is 44.7 Å². The minimum Gasteiger partial charge on any atom is -0.508 e. The molecular weight excluding hydrogens is 490 g/mol. The first-order valence-corrected chi connectivity index (χ1v) is 9.93. The SMILES string of the molecule is O=C(O)c1c(F)c(Cl)c2c(c1Cl)C(=O)OC21c2ccc(O)cc2Oc2cc(O)c(Cl)cc21. The van der Waals surface area contributed by atoms with Gasteiger partial charge in [-0.2, -0.15) is 0 Å². The van der Waals surface area contributed by atoms with Gasteiger partial charge in [-0.05, 0) is 18.2 Å². The van der Waals surface area contributed by atoms with Gasteiger partial charge in [-0.15, -0.1) is 0 Å². The fraction of sp³-hybridized carbons (Fsp3) is 0.0476. The Hall–Kier alpha value is -3.20. The average Bonchev–Trinajstić information content (AvgIpc) is 3.01. The number of carbonyl (C=O) groups is 2. The lowest BCUT2D eigenvalue weighted by atomic mass is 9.77. The van der Waals surface area contributed by atoms with Crippen LogP contribution in [0.2, 0.25) is 15.1 Å². The number of fused-ring (bicyclic) bond motifs is 6. The van der Waals surface area contributed by atoms with Crippen molar-refractivity contribution in [2.45, 2.75) is 5.60 Å². The molecule has 162 valence electrons. The summed E-state index contributed by atoms with van der Waals surface area (Å²) in [7, 11) is 0. The molecule has 0 saturated carbocycles. The van der Waals surface area contributed by atoms with E-state index >= 15 is 4.39 Å². The number of phenolic OH excluding ortho intramolecular Hbond substituents is 2. The van der Waals surface area contributed by atoms with E-state index in [2.05, 4.69) is 0 Å². The molecule has 2 heterocycles. The molecule has 0 amide bonds. The third-order valence-corrected chi connectivity index (χ3v) is 6.36. The van der Waals surface area contributed by atoms with E-state index in [1.54, 1.807) is 0 Å². The molecule has 3 aromatic rings.